The summed E-state index contributed by atoms with van der Waals surface area (Å²) in [6.07, 6.45) is 0.791. The first-order valence-electron chi connectivity index (χ1n) is 4.44. The van der Waals surface area contributed by atoms with Gasteiger partial charge in [0.2, 0.25) is 0 Å². The molecule has 1 saturated heterocycles. The fourth-order valence-electron chi connectivity index (χ4n) is 1.58. The van der Waals surface area contributed by atoms with Gasteiger partial charge in [-0.2, -0.15) is 0 Å². The van der Waals surface area contributed by atoms with E-state index < -0.39 is 0 Å². The van der Waals surface area contributed by atoms with Crippen molar-refractivity contribution in [1.82, 2.24) is 10.2 Å². The van der Waals surface area contributed by atoms with Crippen LogP contribution in [0, 0.1) is 0 Å². The maximum absolute atomic E-state index is 9.26. The molecule has 2 N–H and O–H groups in total. The van der Waals surface area contributed by atoms with Gasteiger partial charge in [-0.3, -0.25) is 4.90 Å². The van der Waals surface area contributed by atoms with Crippen LogP contribution >= 0.6 is 0 Å². The van der Waals surface area contributed by atoms with E-state index >= 15 is 0 Å². The highest BCUT2D eigenvalue weighted by Crippen LogP contribution is 2.09. The number of likely N-dealkylation sites (N-methyl/N-ethyl adjacent to an activating group) is 1. The number of β-amino-alcohol motifs (C(OH)–C–C–N with tert-alkyl or cyclic N) is 1. The van der Waals surface area contributed by atoms with Crippen LogP contribution in [0.4, 0.5) is 0 Å². The normalized spacial score (nSPS) is 24.7. The van der Waals surface area contributed by atoms with E-state index in [2.05, 4.69) is 16.8 Å². The van der Waals surface area contributed by atoms with Crippen LogP contribution in [0.1, 0.15) is 6.42 Å². The number of nitrogens with zero attached hydrogens (tertiary/aromatic N) is 1. The van der Waals surface area contributed by atoms with Gasteiger partial charge in [0, 0.05) is 26.2 Å². The third-order valence-corrected chi connectivity index (χ3v) is 2.12. The van der Waals surface area contributed by atoms with Crippen molar-refractivity contribution in [2.45, 2.75) is 12.5 Å². The molecule has 1 aliphatic heterocycles. The molecular weight excluding hydrogens is 152 g/mol. The molecule has 3 heteroatoms. The van der Waals surface area contributed by atoms with Crippen LogP contribution in [-0.2, 0) is 0 Å². The molecule has 3 nitrogen and oxygen atoms in total. The molecule has 0 aromatic carbocycles. The van der Waals surface area contributed by atoms with Crippen LogP contribution < -0.4 is 5.32 Å². The molecule has 0 saturated carbocycles. The zero-order chi connectivity index (χ0) is 8.97. The van der Waals surface area contributed by atoms with E-state index in [9.17, 15) is 5.11 Å². The highest BCUT2D eigenvalue weighted by atomic mass is 16.3. The Bertz CT molecular complexity index is 159. The molecule has 1 aliphatic rings. The summed E-state index contributed by atoms with van der Waals surface area (Å²) in [5.74, 6) is 0. The summed E-state index contributed by atoms with van der Waals surface area (Å²) in [6.45, 7) is 7.54. The van der Waals surface area contributed by atoms with Gasteiger partial charge in [0.1, 0.15) is 0 Å². The quantitative estimate of drug-likeness (QED) is 0.575. The minimum Gasteiger partial charge on any atom is -0.392 e. The summed E-state index contributed by atoms with van der Waals surface area (Å²) in [5.41, 5.74) is 1.19. The number of hydrogen-bond acceptors (Lipinski definition) is 3. The minimum atomic E-state index is -0.118. The van der Waals surface area contributed by atoms with Crippen molar-refractivity contribution >= 4 is 0 Å². The van der Waals surface area contributed by atoms with E-state index in [0.29, 0.717) is 0 Å². The monoisotopic (exact) mass is 170 g/mol. The molecule has 12 heavy (non-hydrogen) atoms. The highest BCUT2D eigenvalue weighted by molar-refractivity contribution is 5.00. The first kappa shape index (κ1) is 9.71. The first-order chi connectivity index (χ1) is 5.72. The SMILES string of the molecule is C=C(CNC)CN1CCC(O)C1. The molecule has 0 spiro atoms. The Balaban J connectivity index is 2.18. The third-order valence-electron chi connectivity index (χ3n) is 2.12. The van der Waals surface area contributed by atoms with E-state index in [1.54, 1.807) is 0 Å². The third kappa shape index (κ3) is 2.93. The van der Waals surface area contributed by atoms with Crippen molar-refractivity contribution in [3.8, 4) is 0 Å². The van der Waals surface area contributed by atoms with Crippen molar-refractivity contribution in [2.24, 2.45) is 0 Å². The maximum atomic E-state index is 9.26. The average Bonchev–Trinajstić information content (AvgIpc) is 2.36. The van der Waals surface area contributed by atoms with Crippen LogP contribution in [0.3, 0.4) is 0 Å². The molecule has 0 aliphatic carbocycles. The van der Waals surface area contributed by atoms with E-state index in [0.717, 1.165) is 32.6 Å². The summed E-state index contributed by atoms with van der Waals surface area (Å²) in [6, 6.07) is 0. The molecule has 1 heterocycles. The van der Waals surface area contributed by atoms with Gasteiger partial charge in [0.25, 0.3) is 0 Å². The number of nitrogens with one attached hydrogen (secondary N) is 1. The second-order valence-corrected chi connectivity index (χ2v) is 3.46. The van der Waals surface area contributed by atoms with Gasteiger partial charge in [-0.15, -0.1) is 0 Å². The topological polar surface area (TPSA) is 35.5 Å². The van der Waals surface area contributed by atoms with Crippen LogP contribution in [-0.4, -0.2) is 49.3 Å². The maximum Gasteiger partial charge on any atom is 0.0679 e. The lowest BCUT2D eigenvalue weighted by atomic mass is 10.3. The van der Waals surface area contributed by atoms with Gasteiger partial charge in [0.15, 0.2) is 0 Å². The predicted octanol–water partition coefficient (Wildman–Crippen LogP) is -0.171. The van der Waals surface area contributed by atoms with E-state index in [-0.39, 0.29) is 6.10 Å². The summed E-state index contributed by atoms with van der Waals surface area (Å²) >= 11 is 0. The Morgan fingerprint density at radius 1 is 1.75 bits per heavy atom. The van der Waals surface area contributed by atoms with Gasteiger partial charge in [-0.05, 0) is 19.0 Å². The molecule has 0 radical (unpaired) electrons. The molecule has 1 fully saturated rings. The molecule has 1 rings (SSSR count). The van der Waals surface area contributed by atoms with E-state index in [1.807, 2.05) is 7.05 Å². The van der Waals surface area contributed by atoms with Gasteiger partial charge < -0.3 is 10.4 Å². The Morgan fingerprint density at radius 3 is 3.00 bits per heavy atom. The molecule has 0 aromatic rings. The molecular formula is C9H18N2O. The van der Waals surface area contributed by atoms with Crippen molar-refractivity contribution in [3.05, 3.63) is 12.2 Å². The molecule has 0 aromatic heterocycles. The molecule has 1 unspecified atom stereocenters. The molecule has 70 valence electrons. The molecule has 1 atom stereocenters. The van der Waals surface area contributed by atoms with Gasteiger partial charge in [-0.25, -0.2) is 0 Å². The fourth-order valence-corrected chi connectivity index (χ4v) is 1.58. The van der Waals surface area contributed by atoms with Crippen molar-refractivity contribution in [2.75, 3.05) is 33.2 Å². The number of likely N-dealkylation sites (tertiary alicyclic amines) is 1. The molecule has 0 amide bonds. The lowest BCUT2D eigenvalue weighted by Crippen LogP contribution is -2.27. The number of rotatable bonds is 4. The molecule has 0 bridgehead atoms. The first-order valence-corrected chi connectivity index (χ1v) is 4.44. The van der Waals surface area contributed by atoms with Crippen LogP contribution in [0.25, 0.3) is 0 Å². The average molecular weight is 170 g/mol. The highest BCUT2D eigenvalue weighted by Gasteiger charge is 2.19. The largest absolute Gasteiger partial charge is 0.392 e. The van der Waals surface area contributed by atoms with Gasteiger partial charge >= 0.3 is 0 Å². The van der Waals surface area contributed by atoms with Crippen molar-refractivity contribution in [1.29, 1.82) is 0 Å². The van der Waals surface area contributed by atoms with E-state index in [1.165, 1.54) is 5.57 Å². The summed E-state index contributed by atoms with van der Waals surface area (Å²) < 4.78 is 0. The Kier molecular flexibility index (Phi) is 3.72. The number of hydrogen-bond donors (Lipinski definition) is 2. The van der Waals surface area contributed by atoms with E-state index in [4.69, 9.17) is 0 Å². The van der Waals surface area contributed by atoms with Crippen LogP contribution in [0.15, 0.2) is 12.2 Å². The summed E-state index contributed by atoms with van der Waals surface area (Å²) in [5, 5.41) is 12.3. The summed E-state index contributed by atoms with van der Waals surface area (Å²) in [7, 11) is 1.92. The zero-order valence-corrected chi connectivity index (χ0v) is 7.71. The summed E-state index contributed by atoms with van der Waals surface area (Å²) in [4.78, 5) is 2.24. The Morgan fingerprint density at radius 2 is 2.50 bits per heavy atom. The van der Waals surface area contributed by atoms with Crippen LogP contribution in [0.2, 0.25) is 0 Å². The lowest BCUT2D eigenvalue weighted by molar-refractivity contribution is 0.179. The second-order valence-electron chi connectivity index (χ2n) is 3.46. The fraction of sp³-hybridized carbons (Fsp3) is 0.778. The van der Waals surface area contributed by atoms with Crippen LogP contribution in [0.5, 0.6) is 0 Å². The minimum absolute atomic E-state index is 0.118. The standard InChI is InChI=1S/C9H18N2O/c1-8(5-10-2)6-11-4-3-9(12)7-11/h9-10,12H,1,3-7H2,2H3. The van der Waals surface area contributed by atoms with Crippen molar-refractivity contribution < 1.29 is 5.11 Å². The zero-order valence-electron chi connectivity index (χ0n) is 7.71. The van der Waals surface area contributed by atoms with Crippen molar-refractivity contribution in [3.63, 3.8) is 0 Å². The smallest absolute Gasteiger partial charge is 0.0679 e. The lowest BCUT2D eigenvalue weighted by Gasteiger charge is -2.16. The Hall–Kier alpha value is -0.380. The second kappa shape index (κ2) is 4.60. The predicted molar refractivity (Wildman–Crippen MR) is 50.1 cm³/mol. The Labute approximate surface area is 74.1 Å². The van der Waals surface area contributed by atoms with Gasteiger partial charge in [0.05, 0.1) is 6.10 Å². The number of aliphatic hydroxyl groups excluding tert-OH is 1. The number of aliphatic hydroxyl groups is 1. The van der Waals surface area contributed by atoms with Gasteiger partial charge in [-0.1, -0.05) is 6.58 Å².